The number of aromatic nitrogens is 3. The highest BCUT2D eigenvalue weighted by Gasteiger charge is 2.24. The van der Waals surface area contributed by atoms with E-state index in [2.05, 4.69) is 15.6 Å². The lowest BCUT2D eigenvalue weighted by Gasteiger charge is -2.23. The van der Waals surface area contributed by atoms with Crippen LogP contribution in [0.3, 0.4) is 0 Å². The number of rotatable bonds is 7. The largest absolute Gasteiger partial charge is 0.384 e. The second kappa shape index (κ2) is 5.95. The molecule has 1 aromatic carbocycles. The van der Waals surface area contributed by atoms with Crippen molar-refractivity contribution in [3.63, 3.8) is 0 Å². The second-order valence-corrected chi connectivity index (χ2v) is 6.12. The van der Waals surface area contributed by atoms with E-state index in [1.807, 2.05) is 36.5 Å². The summed E-state index contributed by atoms with van der Waals surface area (Å²) in [6.07, 6.45) is 4.59. The lowest BCUT2D eigenvalue weighted by atomic mass is 9.96. The Morgan fingerprint density at radius 3 is 2.81 bits per heavy atom. The van der Waals surface area contributed by atoms with Crippen LogP contribution in [-0.4, -0.2) is 26.6 Å². The third-order valence-electron chi connectivity index (χ3n) is 3.89. The molecular formula is C16H22N4O. The van der Waals surface area contributed by atoms with E-state index in [0.717, 1.165) is 30.3 Å². The summed E-state index contributed by atoms with van der Waals surface area (Å²) in [7, 11) is 0. The molecule has 1 saturated carbocycles. The molecule has 1 unspecified atom stereocenters. The third kappa shape index (κ3) is 3.89. The fraction of sp³-hybridized carbons (Fsp3) is 0.500. The molecule has 0 aliphatic heterocycles. The van der Waals surface area contributed by atoms with E-state index in [1.54, 1.807) is 11.6 Å². The van der Waals surface area contributed by atoms with Crippen molar-refractivity contribution in [2.45, 2.75) is 38.5 Å². The van der Waals surface area contributed by atoms with Crippen molar-refractivity contribution in [2.75, 3.05) is 6.54 Å². The van der Waals surface area contributed by atoms with E-state index in [9.17, 15) is 5.11 Å². The molecule has 0 saturated heterocycles. The van der Waals surface area contributed by atoms with Crippen molar-refractivity contribution in [1.29, 1.82) is 0 Å². The number of benzene rings is 1. The van der Waals surface area contributed by atoms with Gasteiger partial charge in [0.25, 0.3) is 0 Å². The van der Waals surface area contributed by atoms with Crippen molar-refractivity contribution < 1.29 is 5.11 Å². The number of nitrogens with zero attached hydrogens (tertiary/aromatic N) is 3. The van der Waals surface area contributed by atoms with Gasteiger partial charge in [-0.3, -0.25) is 0 Å². The molecule has 3 rings (SSSR count). The van der Waals surface area contributed by atoms with Gasteiger partial charge in [0.05, 0.1) is 12.2 Å². The zero-order valence-corrected chi connectivity index (χ0v) is 12.4. The van der Waals surface area contributed by atoms with E-state index >= 15 is 0 Å². The van der Waals surface area contributed by atoms with Gasteiger partial charge in [-0.1, -0.05) is 35.5 Å². The molecule has 0 amide bonds. The van der Waals surface area contributed by atoms with Crippen LogP contribution in [0.2, 0.25) is 0 Å². The Hall–Kier alpha value is -1.72. The summed E-state index contributed by atoms with van der Waals surface area (Å²) in [6, 6.07) is 9.65. The fourth-order valence-electron chi connectivity index (χ4n) is 2.43. The van der Waals surface area contributed by atoms with Crippen molar-refractivity contribution >= 4 is 0 Å². The summed E-state index contributed by atoms with van der Waals surface area (Å²) in [5.41, 5.74) is 0.849. The number of nitrogens with one attached hydrogen (secondary N) is 1. The molecule has 2 aromatic rings. The van der Waals surface area contributed by atoms with Crippen LogP contribution in [0.25, 0.3) is 0 Å². The Bertz CT molecular complexity index is 575. The van der Waals surface area contributed by atoms with Gasteiger partial charge < -0.3 is 10.4 Å². The van der Waals surface area contributed by atoms with Crippen LogP contribution in [-0.2, 0) is 18.7 Å². The fourth-order valence-corrected chi connectivity index (χ4v) is 2.43. The number of aliphatic hydroxyl groups is 1. The molecule has 0 bridgehead atoms. The van der Waals surface area contributed by atoms with Gasteiger partial charge in [-0.2, -0.15) is 0 Å². The smallest absolute Gasteiger partial charge is 0.106 e. The van der Waals surface area contributed by atoms with Crippen LogP contribution < -0.4 is 5.32 Å². The van der Waals surface area contributed by atoms with Crippen molar-refractivity contribution in [3.8, 4) is 0 Å². The van der Waals surface area contributed by atoms with Gasteiger partial charge in [-0.25, -0.2) is 4.68 Å². The molecule has 1 aromatic heterocycles. The van der Waals surface area contributed by atoms with Gasteiger partial charge in [0.15, 0.2) is 0 Å². The Labute approximate surface area is 125 Å². The molecule has 1 aliphatic carbocycles. The average Bonchev–Trinajstić information content (AvgIpc) is 3.20. The van der Waals surface area contributed by atoms with Crippen LogP contribution in [0.1, 0.15) is 31.0 Å². The highest BCUT2D eigenvalue weighted by Crippen LogP contribution is 2.27. The Morgan fingerprint density at radius 2 is 2.10 bits per heavy atom. The molecule has 1 heterocycles. The summed E-state index contributed by atoms with van der Waals surface area (Å²) >= 11 is 0. The minimum atomic E-state index is -0.951. The molecule has 21 heavy (non-hydrogen) atoms. The van der Waals surface area contributed by atoms with Crippen molar-refractivity contribution in [2.24, 2.45) is 5.92 Å². The molecule has 1 fully saturated rings. The van der Waals surface area contributed by atoms with E-state index in [0.29, 0.717) is 6.54 Å². The van der Waals surface area contributed by atoms with Gasteiger partial charge in [-0.15, -0.1) is 5.10 Å². The van der Waals surface area contributed by atoms with Crippen LogP contribution in [0, 0.1) is 5.92 Å². The van der Waals surface area contributed by atoms with Gasteiger partial charge in [0, 0.05) is 12.7 Å². The Balaban J connectivity index is 1.58. The quantitative estimate of drug-likeness (QED) is 0.813. The zero-order valence-electron chi connectivity index (χ0n) is 12.4. The maximum absolute atomic E-state index is 10.6. The summed E-state index contributed by atoms with van der Waals surface area (Å²) in [6.45, 7) is 4.00. The van der Waals surface area contributed by atoms with Gasteiger partial charge in [0.1, 0.15) is 5.60 Å². The first kappa shape index (κ1) is 14.2. The normalized spacial score (nSPS) is 17.6. The molecule has 2 N–H and O–H groups in total. The van der Waals surface area contributed by atoms with E-state index in [-0.39, 0.29) is 0 Å². The van der Waals surface area contributed by atoms with Crippen LogP contribution in [0.5, 0.6) is 0 Å². The standard InChI is InChI=1S/C16H22N4O/c1-16(21,14-5-3-2-4-6-14)12-20-11-15(18-19-20)10-17-9-13-7-8-13/h2-6,11,13,17,21H,7-10,12H2,1H3. The minimum absolute atomic E-state index is 0.395. The lowest BCUT2D eigenvalue weighted by Crippen LogP contribution is -2.28. The molecule has 0 radical (unpaired) electrons. The average molecular weight is 286 g/mol. The molecular weight excluding hydrogens is 264 g/mol. The van der Waals surface area contributed by atoms with Gasteiger partial charge in [-0.05, 0) is 37.8 Å². The number of hydrogen-bond acceptors (Lipinski definition) is 4. The maximum Gasteiger partial charge on any atom is 0.106 e. The monoisotopic (exact) mass is 286 g/mol. The van der Waals surface area contributed by atoms with E-state index < -0.39 is 5.60 Å². The zero-order chi connectivity index (χ0) is 14.7. The second-order valence-electron chi connectivity index (χ2n) is 6.12. The first-order valence-electron chi connectivity index (χ1n) is 7.51. The first-order chi connectivity index (χ1) is 10.1. The summed E-state index contributed by atoms with van der Waals surface area (Å²) < 4.78 is 1.71. The van der Waals surface area contributed by atoms with Gasteiger partial charge in [0.2, 0.25) is 0 Å². The van der Waals surface area contributed by atoms with Gasteiger partial charge >= 0.3 is 0 Å². The highest BCUT2D eigenvalue weighted by molar-refractivity contribution is 5.21. The van der Waals surface area contributed by atoms with E-state index in [1.165, 1.54) is 12.8 Å². The molecule has 1 aliphatic rings. The third-order valence-corrected chi connectivity index (χ3v) is 3.89. The summed E-state index contributed by atoms with van der Waals surface area (Å²) in [5.74, 6) is 0.860. The predicted molar refractivity (Wildman–Crippen MR) is 80.5 cm³/mol. The van der Waals surface area contributed by atoms with Crippen molar-refractivity contribution in [1.82, 2.24) is 20.3 Å². The lowest BCUT2D eigenvalue weighted by molar-refractivity contribution is 0.0341. The SMILES string of the molecule is CC(O)(Cn1cc(CNCC2CC2)nn1)c1ccccc1. The summed E-state index contributed by atoms with van der Waals surface area (Å²) in [4.78, 5) is 0. The molecule has 5 heteroatoms. The summed E-state index contributed by atoms with van der Waals surface area (Å²) in [5, 5.41) is 22.3. The molecule has 5 nitrogen and oxygen atoms in total. The maximum atomic E-state index is 10.6. The van der Waals surface area contributed by atoms with E-state index in [4.69, 9.17) is 0 Å². The van der Waals surface area contributed by atoms with Crippen LogP contribution in [0.4, 0.5) is 0 Å². The topological polar surface area (TPSA) is 63.0 Å². The Kier molecular flexibility index (Phi) is 4.03. The van der Waals surface area contributed by atoms with Crippen LogP contribution in [0.15, 0.2) is 36.5 Å². The number of hydrogen-bond donors (Lipinski definition) is 2. The van der Waals surface area contributed by atoms with Crippen LogP contribution >= 0.6 is 0 Å². The first-order valence-corrected chi connectivity index (χ1v) is 7.51. The molecule has 1 atom stereocenters. The van der Waals surface area contributed by atoms with Crippen molar-refractivity contribution in [3.05, 3.63) is 47.8 Å². The molecule has 112 valence electrons. The molecule has 0 spiro atoms. The Morgan fingerprint density at radius 1 is 1.33 bits per heavy atom. The highest BCUT2D eigenvalue weighted by atomic mass is 16.3. The minimum Gasteiger partial charge on any atom is -0.384 e. The predicted octanol–water partition coefficient (Wildman–Crippen LogP) is 1.69.